The lowest BCUT2D eigenvalue weighted by Gasteiger charge is -2.21. The molecule has 0 fully saturated rings. The minimum atomic E-state index is 0. The summed E-state index contributed by atoms with van der Waals surface area (Å²) in [6.07, 6.45) is 0. The first-order valence-corrected chi connectivity index (χ1v) is 2.47. The molecule has 0 radical (unpaired) electrons. The van der Waals surface area contributed by atoms with Crippen molar-refractivity contribution in [3.63, 3.8) is 0 Å². The van der Waals surface area contributed by atoms with Crippen molar-refractivity contribution in [2.75, 3.05) is 34.3 Å². The molecule has 0 bridgehead atoms. The Hall–Kier alpha value is -0.0800. The van der Waals surface area contributed by atoms with Crippen LogP contribution in [0.25, 0.3) is 0 Å². The minimum absolute atomic E-state index is 0. The van der Waals surface area contributed by atoms with Gasteiger partial charge in [0, 0.05) is 0 Å². The maximum Gasteiger partial charge on any atom is 0.101 e. The van der Waals surface area contributed by atoms with Crippen molar-refractivity contribution in [1.29, 1.82) is 0 Å². The minimum Gasteiger partial charge on any atom is -0.391 e. The molecule has 0 unspecified atom stereocenters. The lowest BCUT2D eigenvalue weighted by molar-refractivity contribution is -0.870. The molecule has 52 valence electrons. The third kappa shape index (κ3) is 9.33. The van der Waals surface area contributed by atoms with E-state index in [1.54, 1.807) is 0 Å². The monoisotopic (exact) mass is 119 g/mol. The van der Waals surface area contributed by atoms with E-state index in [1.807, 2.05) is 0 Å². The first-order valence-electron chi connectivity index (χ1n) is 2.47. The second-order valence-electron chi connectivity index (χ2n) is 2.74. The second-order valence-corrected chi connectivity index (χ2v) is 2.74. The number of nitrogens with zero attached hydrogens (tertiary/aromatic N) is 1. The van der Waals surface area contributed by atoms with Crippen LogP contribution < -0.4 is 0 Å². The van der Waals surface area contributed by atoms with Crippen molar-refractivity contribution in [1.82, 2.24) is 0 Å². The van der Waals surface area contributed by atoms with Crippen molar-refractivity contribution in [3.8, 4) is 0 Å². The van der Waals surface area contributed by atoms with E-state index >= 15 is 0 Å². The van der Waals surface area contributed by atoms with E-state index in [2.05, 4.69) is 21.1 Å². The van der Waals surface area contributed by atoms with Gasteiger partial charge in [0.25, 0.3) is 0 Å². The summed E-state index contributed by atoms with van der Waals surface area (Å²) < 4.78 is 0.844. The van der Waals surface area contributed by atoms with Gasteiger partial charge in [-0.15, -0.1) is 0 Å². The van der Waals surface area contributed by atoms with E-state index < -0.39 is 0 Å². The van der Waals surface area contributed by atoms with E-state index in [1.165, 1.54) is 0 Å². The zero-order valence-electron chi connectivity index (χ0n) is 6.31. The molecule has 0 atom stereocenters. The van der Waals surface area contributed by atoms with Gasteiger partial charge in [-0.3, -0.25) is 0 Å². The Morgan fingerprint density at radius 1 is 1.25 bits per heavy atom. The summed E-state index contributed by atoms with van der Waals surface area (Å²) in [4.78, 5) is 0. The molecule has 0 aliphatic carbocycles. The van der Waals surface area contributed by atoms with Crippen LogP contribution in [0.5, 0.6) is 0 Å². The molecule has 2 nitrogen and oxygen atoms in total. The van der Waals surface area contributed by atoms with Crippen LogP contribution >= 0.6 is 0 Å². The molecule has 0 aliphatic heterocycles. The number of quaternary nitrogens is 1. The topological polar surface area (TPSA) is 20.2 Å². The van der Waals surface area contributed by atoms with Crippen LogP contribution in [-0.4, -0.2) is 43.9 Å². The first-order chi connectivity index (χ1) is 3.06. The molecule has 0 spiro atoms. The molecule has 2 heteroatoms. The van der Waals surface area contributed by atoms with Gasteiger partial charge in [0.15, 0.2) is 0 Å². The highest BCUT2D eigenvalue weighted by Gasteiger charge is 2.02. The number of rotatable bonds is 2. The zero-order valence-corrected chi connectivity index (χ0v) is 6.31. The summed E-state index contributed by atoms with van der Waals surface area (Å²) in [5, 5.41) is 8.39. The highest BCUT2D eigenvalue weighted by molar-refractivity contribution is 4.19. The summed E-state index contributed by atoms with van der Waals surface area (Å²) in [6.45, 7) is 1.11. The summed E-state index contributed by atoms with van der Waals surface area (Å²) >= 11 is 0. The fourth-order valence-electron chi connectivity index (χ4n) is 0.300. The highest BCUT2D eigenvalue weighted by atomic mass is 16.3. The van der Waals surface area contributed by atoms with Gasteiger partial charge < -0.3 is 17.0 Å². The number of hydrogen-bond donors (Lipinski definition) is 1. The van der Waals surface area contributed by atoms with Crippen LogP contribution in [-0.2, 0) is 0 Å². The molecule has 0 aromatic heterocycles. The predicted octanol–water partition coefficient (Wildman–Crippen LogP) is 0.135. The van der Waals surface area contributed by atoms with Crippen LogP contribution in [0.4, 0.5) is 0 Å². The Bertz CT molecular complexity index is 47.0. The van der Waals surface area contributed by atoms with Crippen LogP contribution in [0.1, 0.15) is 0 Å². The van der Waals surface area contributed by atoms with Crippen LogP contribution in [0.2, 0.25) is 0 Å². The van der Waals surface area contributed by atoms with Crippen molar-refractivity contribution in [3.05, 3.63) is 7.43 Å². The first kappa shape index (κ1) is 10.8. The van der Waals surface area contributed by atoms with Crippen molar-refractivity contribution >= 4 is 0 Å². The molecular formula is C6H17NO. The second kappa shape index (κ2) is 3.87. The Morgan fingerprint density at radius 2 is 1.62 bits per heavy atom. The Morgan fingerprint density at radius 3 is 1.62 bits per heavy atom. The third-order valence-corrected chi connectivity index (χ3v) is 0.771. The third-order valence-electron chi connectivity index (χ3n) is 0.771. The van der Waals surface area contributed by atoms with E-state index in [-0.39, 0.29) is 14.0 Å². The molecule has 0 heterocycles. The lowest BCUT2D eigenvalue weighted by Crippen LogP contribution is -2.36. The molecule has 8 heavy (non-hydrogen) atoms. The van der Waals surface area contributed by atoms with Gasteiger partial charge in [0.1, 0.15) is 6.54 Å². The van der Waals surface area contributed by atoms with Crippen molar-refractivity contribution in [2.45, 2.75) is 0 Å². The molecule has 0 aliphatic rings. The fraction of sp³-hybridized carbons (Fsp3) is 0.833. The summed E-state index contributed by atoms with van der Waals surface area (Å²) in [6, 6.07) is 0. The summed E-state index contributed by atoms with van der Waals surface area (Å²) in [5.74, 6) is 0. The molecule has 0 saturated heterocycles. The SMILES string of the molecule is C[N+](C)(C)CCO.[CH3-]. The molecule has 0 rings (SSSR count). The zero-order chi connectivity index (χ0) is 5.91. The Balaban J connectivity index is 0. The molecule has 1 N–H and O–H groups in total. The van der Waals surface area contributed by atoms with Gasteiger partial charge >= 0.3 is 0 Å². The Kier molecular flexibility index (Phi) is 5.23. The van der Waals surface area contributed by atoms with Crippen LogP contribution in [0, 0.1) is 7.43 Å². The molecule has 0 aromatic carbocycles. The van der Waals surface area contributed by atoms with Gasteiger partial charge in [-0.25, -0.2) is 0 Å². The van der Waals surface area contributed by atoms with Gasteiger partial charge in [0.05, 0.1) is 27.7 Å². The largest absolute Gasteiger partial charge is 0.391 e. The molecular weight excluding hydrogens is 102 g/mol. The van der Waals surface area contributed by atoms with E-state index in [4.69, 9.17) is 5.11 Å². The van der Waals surface area contributed by atoms with E-state index in [0.29, 0.717) is 0 Å². The average molecular weight is 119 g/mol. The van der Waals surface area contributed by atoms with E-state index in [0.717, 1.165) is 11.0 Å². The normalized spacial score (nSPS) is 10.5. The van der Waals surface area contributed by atoms with Gasteiger partial charge in [-0.05, 0) is 0 Å². The summed E-state index contributed by atoms with van der Waals surface area (Å²) in [5.41, 5.74) is 0. The maximum atomic E-state index is 8.39. The fourth-order valence-corrected chi connectivity index (χ4v) is 0.300. The van der Waals surface area contributed by atoms with Crippen molar-refractivity contribution in [2.24, 2.45) is 0 Å². The van der Waals surface area contributed by atoms with Gasteiger partial charge in [-0.1, -0.05) is 0 Å². The lowest BCUT2D eigenvalue weighted by atomic mass is 10.5. The standard InChI is InChI=1S/C5H14NO.CH3/c1-6(2,3)4-5-7;/h7H,4-5H2,1-3H3;1H3/q+1;-1. The predicted molar refractivity (Wildman–Crippen MR) is 36.4 cm³/mol. The van der Waals surface area contributed by atoms with E-state index in [9.17, 15) is 0 Å². The molecule has 0 saturated carbocycles. The molecule has 0 amide bonds. The average Bonchev–Trinajstić information content (AvgIpc) is 1.30. The van der Waals surface area contributed by atoms with Crippen LogP contribution in [0.15, 0.2) is 0 Å². The van der Waals surface area contributed by atoms with Crippen molar-refractivity contribution < 1.29 is 9.59 Å². The highest BCUT2D eigenvalue weighted by Crippen LogP contribution is 1.84. The number of aliphatic hydroxyl groups excluding tert-OH is 1. The summed E-state index contributed by atoms with van der Waals surface area (Å²) in [7, 11) is 6.16. The quantitative estimate of drug-likeness (QED) is 0.405. The number of likely N-dealkylation sites (N-methyl/N-ethyl adjacent to an activating group) is 1. The number of aliphatic hydroxyl groups is 1. The maximum absolute atomic E-state index is 8.39. The van der Waals surface area contributed by atoms with Gasteiger partial charge in [0.2, 0.25) is 0 Å². The Labute approximate surface area is 52.3 Å². The van der Waals surface area contributed by atoms with Gasteiger partial charge in [-0.2, -0.15) is 0 Å². The smallest absolute Gasteiger partial charge is 0.101 e. The van der Waals surface area contributed by atoms with Crippen LogP contribution in [0.3, 0.4) is 0 Å². The molecule has 0 aromatic rings. The number of hydrogen-bond acceptors (Lipinski definition) is 1.